The lowest BCUT2D eigenvalue weighted by molar-refractivity contribution is -0.156. The average Bonchev–Trinajstić information content (AvgIpc) is 2.47. The standard InChI is InChI=1S/C19H37N3O6/c1-15(2)27-17(25)14-22(12-16(23)24)11-10-20(6)8-9-21(7)13-18(26)28-19(3,4)5/h15H,8-14H2,1-7H3,(H,23,24). The first kappa shape index (κ1) is 26.3. The Balaban J connectivity index is 4.31. The van der Waals surface area contributed by atoms with Crippen molar-refractivity contribution in [2.24, 2.45) is 0 Å². The quantitative estimate of drug-likeness (QED) is 0.441. The minimum absolute atomic E-state index is 0.0587. The number of likely N-dealkylation sites (N-methyl/N-ethyl adjacent to an activating group) is 2. The van der Waals surface area contributed by atoms with Crippen LogP contribution in [0.5, 0.6) is 0 Å². The van der Waals surface area contributed by atoms with E-state index < -0.39 is 17.5 Å². The van der Waals surface area contributed by atoms with E-state index in [1.165, 1.54) is 0 Å². The second kappa shape index (κ2) is 12.7. The highest BCUT2D eigenvalue weighted by molar-refractivity contribution is 5.74. The highest BCUT2D eigenvalue weighted by Gasteiger charge is 2.18. The van der Waals surface area contributed by atoms with Crippen LogP contribution in [-0.2, 0) is 23.9 Å². The van der Waals surface area contributed by atoms with Gasteiger partial charge in [0.25, 0.3) is 0 Å². The number of aliphatic carboxylic acids is 1. The number of nitrogens with zero attached hydrogens (tertiary/aromatic N) is 3. The van der Waals surface area contributed by atoms with E-state index in [4.69, 9.17) is 14.6 Å². The van der Waals surface area contributed by atoms with Crippen LogP contribution in [0.15, 0.2) is 0 Å². The molecule has 0 rings (SSSR count). The summed E-state index contributed by atoms with van der Waals surface area (Å²) >= 11 is 0. The van der Waals surface area contributed by atoms with Gasteiger partial charge in [0.05, 0.1) is 25.7 Å². The first-order valence-corrected chi connectivity index (χ1v) is 9.51. The fraction of sp³-hybridized carbons (Fsp3) is 0.842. The Morgan fingerprint density at radius 3 is 1.89 bits per heavy atom. The van der Waals surface area contributed by atoms with Crippen LogP contribution in [0.3, 0.4) is 0 Å². The van der Waals surface area contributed by atoms with Gasteiger partial charge in [-0.05, 0) is 48.7 Å². The van der Waals surface area contributed by atoms with Crippen molar-refractivity contribution in [2.45, 2.75) is 46.3 Å². The van der Waals surface area contributed by atoms with E-state index in [-0.39, 0.29) is 31.7 Å². The van der Waals surface area contributed by atoms with Gasteiger partial charge in [0.15, 0.2) is 0 Å². The van der Waals surface area contributed by atoms with E-state index in [9.17, 15) is 14.4 Å². The molecule has 0 saturated carbocycles. The topological polar surface area (TPSA) is 99.6 Å². The van der Waals surface area contributed by atoms with Gasteiger partial charge in [0, 0.05) is 26.2 Å². The maximum Gasteiger partial charge on any atom is 0.320 e. The van der Waals surface area contributed by atoms with Gasteiger partial charge in [-0.3, -0.25) is 24.2 Å². The third-order valence-electron chi connectivity index (χ3n) is 3.56. The molecule has 0 aromatic heterocycles. The first-order chi connectivity index (χ1) is 12.8. The normalized spacial score (nSPS) is 12.1. The summed E-state index contributed by atoms with van der Waals surface area (Å²) in [6.45, 7) is 11.3. The lowest BCUT2D eigenvalue weighted by atomic mass is 10.2. The van der Waals surface area contributed by atoms with Gasteiger partial charge in [-0.25, -0.2) is 0 Å². The van der Waals surface area contributed by atoms with Crippen molar-refractivity contribution >= 4 is 17.9 Å². The third-order valence-corrected chi connectivity index (χ3v) is 3.56. The zero-order chi connectivity index (χ0) is 21.9. The van der Waals surface area contributed by atoms with Crippen LogP contribution in [-0.4, -0.2) is 109 Å². The molecular weight excluding hydrogens is 366 g/mol. The number of carboxylic acids is 1. The molecule has 0 heterocycles. The van der Waals surface area contributed by atoms with Crippen molar-refractivity contribution < 1.29 is 29.0 Å². The fourth-order valence-electron chi connectivity index (χ4n) is 2.33. The summed E-state index contributed by atoms with van der Waals surface area (Å²) in [6, 6.07) is 0. The molecule has 0 aromatic rings. The maximum atomic E-state index is 11.8. The highest BCUT2D eigenvalue weighted by Crippen LogP contribution is 2.07. The first-order valence-electron chi connectivity index (χ1n) is 9.51. The second-order valence-electron chi connectivity index (χ2n) is 8.27. The molecular formula is C19H37N3O6. The van der Waals surface area contributed by atoms with E-state index in [2.05, 4.69) is 0 Å². The Morgan fingerprint density at radius 1 is 0.857 bits per heavy atom. The molecule has 164 valence electrons. The van der Waals surface area contributed by atoms with Crippen molar-refractivity contribution in [3.63, 3.8) is 0 Å². The molecule has 0 aliphatic carbocycles. The molecule has 9 nitrogen and oxygen atoms in total. The van der Waals surface area contributed by atoms with Crippen LogP contribution >= 0.6 is 0 Å². The Hall–Kier alpha value is -1.71. The van der Waals surface area contributed by atoms with E-state index >= 15 is 0 Å². The molecule has 0 fully saturated rings. The Kier molecular flexibility index (Phi) is 11.9. The number of esters is 2. The zero-order valence-electron chi connectivity index (χ0n) is 18.4. The molecule has 0 aliphatic rings. The van der Waals surface area contributed by atoms with Gasteiger partial charge < -0.3 is 19.5 Å². The SMILES string of the molecule is CC(C)OC(=O)CN(CCN(C)CCN(C)CC(=O)OC(C)(C)C)CC(=O)O. The van der Waals surface area contributed by atoms with Crippen LogP contribution in [0.25, 0.3) is 0 Å². The Labute approximate surface area is 168 Å². The Bertz CT molecular complexity index is 504. The summed E-state index contributed by atoms with van der Waals surface area (Å²) in [5, 5.41) is 9.03. The number of rotatable bonds is 13. The maximum absolute atomic E-state index is 11.8. The summed E-state index contributed by atoms with van der Waals surface area (Å²) in [5.74, 6) is -1.69. The number of ether oxygens (including phenoxy) is 2. The highest BCUT2D eigenvalue weighted by atomic mass is 16.6. The van der Waals surface area contributed by atoms with Crippen molar-refractivity contribution in [1.29, 1.82) is 0 Å². The molecule has 0 saturated heterocycles. The third kappa shape index (κ3) is 15.4. The van der Waals surface area contributed by atoms with Crippen LogP contribution in [0.4, 0.5) is 0 Å². The van der Waals surface area contributed by atoms with E-state index in [1.54, 1.807) is 18.7 Å². The number of carboxylic acid groups (broad SMARTS) is 1. The number of carbonyl (C=O) groups excluding carboxylic acids is 2. The largest absolute Gasteiger partial charge is 0.480 e. The molecule has 0 atom stereocenters. The molecule has 28 heavy (non-hydrogen) atoms. The minimum atomic E-state index is -0.989. The van der Waals surface area contributed by atoms with Crippen LogP contribution in [0.1, 0.15) is 34.6 Å². The fourth-order valence-corrected chi connectivity index (χ4v) is 2.33. The monoisotopic (exact) mass is 403 g/mol. The smallest absolute Gasteiger partial charge is 0.320 e. The van der Waals surface area contributed by atoms with Gasteiger partial charge in [-0.15, -0.1) is 0 Å². The van der Waals surface area contributed by atoms with Crippen molar-refractivity contribution in [2.75, 3.05) is 59.9 Å². The second-order valence-corrected chi connectivity index (χ2v) is 8.27. The molecule has 0 spiro atoms. The van der Waals surface area contributed by atoms with Gasteiger partial charge in [-0.2, -0.15) is 0 Å². The van der Waals surface area contributed by atoms with Gasteiger partial charge in [0.1, 0.15) is 5.60 Å². The molecule has 0 amide bonds. The van der Waals surface area contributed by atoms with Crippen molar-refractivity contribution in [3.8, 4) is 0 Å². The summed E-state index contributed by atoms with van der Waals surface area (Å²) in [6.07, 6.45) is -0.234. The molecule has 0 aromatic carbocycles. The van der Waals surface area contributed by atoms with E-state index in [0.29, 0.717) is 26.2 Å². The average molecular weight is 404 g/mol. The molecule has 0 unspecified atom stereocenters. The molecule has 0 bridgehead atoms. The lowest BCUT2D eigenvalue weighted by Gasteiger charge is -2.26. The molecule has 9 heteroatoms. The summed E-state index contributed by atoms with van der Waals surface area (Å²) in [7, 11) is 3.75. The predicted octanol–water partition coefficient (Wildman–Crippen LogP) is 0.530. The number of hydrogen-bond acceptors (Lipinski definition) is 8. The zero-order valence-corrected chi connectivity index (χ0v) is 18.4. The molecule has 1 N–H and O–H groups in total. The molecule has 0 aliphatic heterocycles. The van der Waals surface area contributed by atoms with E-state index in [1.807, 2.05) is 44.7 Å². The summed E-state index contributed by atoms with van der Waals surface area (Å²) in [4.78, 5) is 40.1. The summed E-state index contributed by atoms with van der Waals surface area (Å²) in [5.41, 5.74) is -0.501. The van der Waals surface area contributed by atoms with Gasteiger partial charge >= 0.3 is 17.9 Å². The van der Waals surface area contributed by atoms with Gasteiger partial charge in [-0.1, -0.05) is 0 Å². The van der Waals surface area contributed by atoms with Crippen LogP contribution < -0.4 is 0 Å². The van der Waals surface area contributed by atoms with Crippen LogP contribution in [0, 0.1) is 0 Å². The summed E-state index contributed by atoms with van der Waals surface area (Å²) < 4.78 is 10.4. The van der Waals surface area contributed by atoms with Crippen LogP contribution in [0.2, 0.25) is 0 Å². The van der Waals surface area contributed by atoms with Crippen molar-refractivity contribution in [1.82, 2.24) is 14.7 Å². The number of hydrogen-bond donors (Lipinski definition) is 1. The van der Waals surface area contributed by atoms with Crippen molar-refractivity contribution in [3.05, 3.63) is 0 Å². The van der Waals surface area contributed by atoms with Gasteiger partial charge in [0.2, 0.25) is 0 Å². The number of carbonyl (C=O) groups is 3. The lowest BCUT2D eigenvalue weighted by Crippen LogP contribution is -2.42. The van der Waals surface area contributed by atoms with E-state index in [0.717, 1.165) is 0 Å². The Morgan fingerprint density at radius 2 is 1.39 bits per heavy atom. The predicted molar refractivity (Wildman–Crippen MR) is 106 cm³/mol. The molecule has 0 radical (unpaired) electrons. The minimum Gasteiger partial charge on any atom is -0.480 e.